The van der Waals surface area contributed by atoms with E-state index in [1.165, 1.54) is 51.2 Å². The second-order valence-corrected chi connectivity index (χ2v) is 11.2. The predicted molar refractivity (Wildman–Crippen MR) is 141 cm³/mol. The number of hydrogen-bond acceptors (Lipinski definition) is 6. The lowest BCUT2D eigenvalue weighted by Crippen LogP contribution is -2.48. The number of hydrogen-bond donors (Lipinski definition) is 0. The Balaban J connectivity index is 1.44. The topological polar surface area (TPSA) is 66.9 Å². The van der Waals surface area contributed by atoms with Crippen molar-refractivity contribution in [3.05, 3.63) is 59.8 Å². The Morgan fingerprint density at radius 2 is 1.76 bits per heavy atom. The lowest BCUT2D eigenvalue weighted by atomic mass is 9.48. The second-order valence-electron chi connectivity index (χ2n) is 11.2. The fraction of sp³-hybridized carbons (Fsp3) is 0.484. The van der Waals surface area contributed by atoms with Crippen LogP contribution in [0.3, 0.4) is 0 Å². The number of esters is 1. The number of ether oxygens (including phenoxy) is 4. The van der Waals surface area contributed by atoms with Crippen LogP contribution in [0.2, 0.25) is 0 Å². The zero-order chi connectivity index (χ0) is 25.6. The van der Waals surface area contributed by atoms with Crippen molar-refractivity contribution in [2.75, 3.05) is 21.0 Å². The van der Waals surface area contributed by atoms with Crippen LogP contribution in [0.4, 0.5) is 0 Å². The Bertz CT molecular complexity index is 1270. The number of carbonyl (C=O) groups excluding carboxylic acids is 1. The van der Waals surface area contributed by atoms with Gasteiger partial charge in [-0.15, -0.1) is 0 Å². The first kappa shape index (κ1) is 24.4. The van der Waals surface area contributed by atoms with E-state index in [1.807, 2.05) is 19.1 Å². The first-order chi connectivity index (χ1) is 18.0. The van der Waals surface area contributed by atoms with Gasteiger partial charge in [0.15, 0.2) is 13.1 Å². The average Bonchev–Trinajstić information content (AvgIpc) is 2.91. The van der Waals surface area contributed by atoms with Crippen molar-refractivity contribution >= 4 is 16.7 Å². The van der Waals surface area contributed by atoms with Crippen LogP contribution in [0.25, 0.3) is 22.0 Å². The van der Waals surface area contributed by atoms with Crippen molar-refractivity contribution in [2.45, 2.75) is 57.2 Å². The third kappa shape index (κ3) is 4.51. The van der Waals surface area contributed by atoms with E-state index in [9.17, 15) is 4.79 Å². The van der Waals surface area contributed by atoms with Crippen LogP contribution in [0.5, 0.6) is 5.75 Å². The van der Waals surface area contributed by atoms with E-state index < -0.39 is 0 Å². The maximum atomic E-state index is 11.9. The highest BCUT2D eigenvalue weighted by Crippen LogP contribution is 2.62. The summed E-state index contributed by atoms with van der Waals surface area (Å²) in [6, 6.07) is 14.5. The maximum absolute atomic E-state index is 11.9. The zero-order valence-electron chi connectivity index (χ0n) is 21.9. The molecule has 1 atom stereocenters. The fourth-order valence-electron chi connectivity index (χ4n) is 7.56. The van der Waals surface area contributed by atoms with Gasteiger partial charge in [-0.2, -0.15) is 0 Å². The summed E-state index contributed by atoms with van der Waals surface area (Å²) in [4.78, 5) is 16.5. The monoisotopic (exact) mass is 501 g/mol. The van der Waals surface area contributed by atoms with Gasteiger partial charge in [-0.1, -0.05) is 18.2 Å². The minimum absolute atomic E-state index is 0.149. The Kier molecular flexibility index (Phi) is 6.41. The first-order valence-electron chi connectivity index (χ1n) is 13.4. The van der Waals surface area contributed by atoms with E-state index in [0.29, 0.717) is 5.56 Å². The zero-order valence-corrected chi connectivity index (χ0v) is 21.9. The van der Waals surface area contributed by atoms with Crippen LogP contribution in [0.15, 0.2) is 48.7 Å². The molecule has 0 amide bonds. The molecular weight excluding hydrogens is 466 g/mol. The molecule has 1 unspecified atom stereocenters. The van der Waals surface area contributed by atoms with Gasteiger partial charge < -0.3 is 18.9 Å². The molecule has 4 aliphatic carbocycles. The number of methoxy groups -OCH3 is 2. The van der Waals surface area contributed by atoms with Crippen molar-refractivity contribution in [1.82, 2.24) is 4.98 Å². The highest BCUT2D eigenvalue weighted by atomic mass is 16.7. The molecule has 2 aromatic carbocycles. The molecule has 0 aliphatic heterocycles. The molecule has 1 aromatic heterocycles. The molecule has 0 N–H and O–H groups in total. The number of nitrogens with zero attached hydrogens (tertiary/aromatic N) is 1. The predicted octanol–water partition coefficient (Wildman–Crippen LogP) is 6.50. The molecule has 37 heavy (non-hydrogen) atoms. The number of aromatic nitrogens is 1. The van der Waals surface area contributed by atoms with Gasteiger partial charge in [0.25, 0.3) is 0 Å². The van der Waals surface area contributed by atoms with Crippen molar-refractivity contribution < 1.29 is 23.7 Å². The number of pyridine rings is 1. The Morgan fingerprint density at radius 1 is 1.03 bits per heavy atom. The van der Waals surface area contributed by atoms with Crippen LogP contribution in [0, 0.1) is 17.8 Å². The van der Waals surface area contributed by atoms with Gasteiger partial charge in [-0.25, -0.2) is 4.79 Å². The highest BCUT2D eigenvalue weighted by Gasteiger charge is 2.52. The summed E-state index contributed by atoms with van der Waals surface area (Å²) < 4.78 is 22.1. The molecule has 6 heteroatoms. The summed E-state index contributed by atoms with van der Waals surface area (Å²) in [6.07, 6.45) is 9.15. The van der Waals surface area contributed by atoms with E-state index in [-0.39, 0.29) is 24.5 Å². The summed E-state index contributed by atoms with van der Waals surface area (Å²) in [5, 5.41) is 2.25. The molecule has 1 heterocycles. The molecule has 4 aliphatic rings. The van der Waals surface area contributed by atoms with Crippen LogP contribution in [0.1, 0.15) is 61.4 Å². The molecule has 4 saturated carbocycles. The van der Waals surface area contributed by atoms with Crippen molar-refractivity contribution in [1.29, 1.82) is 0 Å². The van der Waals surface area contributed by atoms with E-state index in [1.54, 1.807) is 19.4 Å². The summed E-state index contributed by atoms with van der Waals surface area (Å²) in [6.45, 7) is 2.02. The standard InChI is InChI=1S/C31H35NO5/c1-19(34-2)36-18-37-29-12-23-5-4-6-25(28-8-7-24(17-32-28)30(33)35-3)26(23)13-27(29)31-14-20-9-21(15-31)11-22(10-20)16-31/h4-8,12-13,17,19-22H,9-11,14-16,18H2,1-3H3. The molecule has 4 fully saturated rings. The van der Waals surface area contributed by atoms with Gasteiger partial charge in [0.1, 0.15) is 5.75 Å². The minimum atomic E-state index is -0.382. The summed E-state index contributed by atoms with van der Waals surface area (Å²) >= 11 is 0. The van der Waals surface area contributed by atoms with Crippen LogP contribution < -0.4 is 4.74 Å². The molecule has 7 rings (SSSR count). The van der Waals surface area contributed by atoms with Crippen LogP contribution >= 0.6 is 0 Å². The van der Waals surface area contributed by atoms with Crippen molar-refractivity contribution in [3.8, 4) is 17.0 Å². The molecule has 194 valence electrons. The van der Waals surface area contributed by atoms with E-state index in [4.69, 9.17) is 18.9 Å². The second kappa shape index (κ2) is 9.73. The lowest BCUT2D eigenvalue weighted by molar-refractivity contribution is -0.150. The fourth-order valence-corrected chi connectivity index (χ4v) is 7.56. The van der Waals surface area contributed by atoms with E-state index in [0.717, 1.165) is 45.5 Å². The molecule has 4 bridgehead atoms. The highest BCUT2D eigenvalue weighted by molar-refractivity contribution is 5.98. The smallest absolute Gasteiger partial charge is 0.339 e. The quantitative estimate of drug-likeness (QED) is 0.259. The molecule has 0 spiro atoms. The van der Waals surface area contributed by atoms with Gasteiger partial charge in [-0.05, 0) is 104 Å². The lowest BCUT2D eigenvalue weighted by Gasteiger charge is -2.57. The molecule has 3 aromatic rings. The van der Waals surface area contributed by atoms with E-state index >= 15 is 0 Å². The number of rotatable bonds is 8. The van der Waals surface area contributed by atoms with Crippen LogP contribution in [-0.4, -0.2) is 38.3 Å². The largest absolute Gasteiger partial charge is 0.467 e. The third-order valence-electron chi connectivity index (χ3n) is 8.90. The summed E-state index contributed by atoms with van der Waals surface area (Å²) in [7, 11) is 3.02. The van der Waals surface area contributed by atoms with Gasteiger partial charge in [-0.3, -0.25) is 4.98 Å². The molecule has 0 radical (unpaired) electrons. The SMILES string of the molecule is COC(=O)c1ccc(-c2cccc3cc(OCOC(C)OC)c(C45CC6CC(CC(C6)C4)C5)cc23)nc1. The molecule has 0 saturated heterocycles. The van der Waals surface area contributed by atoms with Crippen LogP contribution in [-0.2, 0) is 19.6 Å². The summed E-state index contributed by atoms with van der Waals surface area (Å²) in [5.74, 6) is 3.00. The number of benzene rings is 2. The summed E-state index contributed by atoms with van der Waals surface area (Å²) in [5.41, 5.74) is 3.80. The Morgan fingerprint density at radius 3 is 2.38 bits per heavy atom. The van der Waals surface area contributed by atoms with Gasteiger partial charge in [0, 0.05) is 24.4 Å². The van der Waals surface area contributed by atoms with Crippen molar-refractivity contribution in [2.24, 2.45) is 17.8 Å². The molecule has 6 nitrogen and oxygen atoms in total. The third-order valence-corrected chi connectivity index (χ3v) is 8.90. The van der Waals surface area contributed by atoms with Gasteiger partial charge in [0.2, 0.25) is 0 Å². The maximum Gasteiger partial charge on any atom is 0.339 e. The average molecular weight is 502 g/mol. The van der Waals surface area contributed by atoms with Gasteiger partial charge >= 0.3 is 5.97 Å². The Hall–Kier alpha value is -2.96. The van der Waals surface area contributed by atoms with E-state index in [2.05, 4.69) is 29.2 Å². The Labute approximate surface area is 218 Å². The number of fused-ring (bicyclic) bond motifs is 1. The molecular formula is C31H35NO5. The normalized spacial score (nSPS) is 26.8. The first-order valence-corrected chi connectivity index (χ1v) is 13.4. The van der Waals surface area contributed by atoms with Crippen molar-refractivity contribution in [3.63, 3.8) is 0 Å². The minimum Gasteiger partial charge on any atom is -0.467 e. The van der Waals surface area contributed by atoms with Gasteiger partial charge in [0.05, 0.1) is 18.4 Å². The number of carbonyl (C=O) groups is 1.